The molecular weight excluding hydrogens is 773 g/mol. The number of nitrogens with zero attached hydrogens (tertiary/aromatic N) is 2. The summed E-state index contributed by atoms with van der Waals surface area (Å²) in [5, 5.41) is 0. The summed E-state index contributed by atoms with van der Waals surface area (Å²) in [5.41, 5.74) is 7.45. The smallest absolute Gasteiger partial charge is 0.306 e. The standard InChI is InChI=1S/C28H41NO3.C26H39NO3/c1-9-10-13-21(2)14-11-15-22(3)17-18-24-23(4)27(31)25(20-28(24,5)6)32-26(30)16-12-19-29(7)8;1-9-19(2)12-10-13-20(3)15-16-22-21(4)25(29)23(18-26(22,5)6)30-24(28)14-11-17-27(7)8/h9-11,13-15,17-18,25H,12,16,19-20H2,1-8H3;9-10,12-13,15-16,23H,11,14,17-18H2,1-8H3/b10-9+,14-11+,18-17+,21-13+,22-15+;12-10+,16-15+,19-9+,20-13+. The zero-order valence-electron chi connectivity index (χ0n) is 41.2. The van der Waals surface area contributed by atoms with Crippen LogP contribution in [0.25, 0.3) is 0 Å². The van der Waals surface area contributed by atoms with Crippen molar-refractivity contribution < 1.29 is 28.7 Å². The molecule has 0 bridgehead atoms. The van der Waals surface area contributed by atoms with Gasteiger partial charge in [-0.1, -0.05) is 135 Å². The van der Waals surface area contributed by atoms with Gasteiger partial charge >= 0.3 is 11.9 Å². The number of allylic oxidation sites excluding steroid dienone is 20. The van der Waals surface area contributed by atoms with Gasteiger partial charge in [-0.3, -0.25) is 19.2 Å². The lowest BCUT2D eigenvalue weighted by molar-refractivity contribution is -0.156. The van der Waals surface area contributed by atoms with E-state index in [0.29, 0.717) is 36.8 Å². The summed E-state index contributed by atoms with van der Waals surface area (Å²) >= 11 is 0. The van der Waals surface area contributed by atoms with Gasteiger partial charge in [0.2, 0.25) is 0 Å². The lowest BCUT2D eigenvalue weighted by atomic mass is 9.71. The molecule has 0 heterocycles. The molecule has 0 aromatic heterocycles. The van der Waals surface area contributed by atoms with Crippen molar-refractivity contribution in [3.63, 3.8) is 0 Å². The minimum atomic E-state index is -0.694. The number of carbonyl (C=O) groups is 4. The van der Waals surface area contributed by atoms with Gasteiger partial charge in [-0.25, -0.2) is 0 Å². The fourth-order valence-corrected chi connectivity index (χ4v) is 7.15. The van der Waals surface area contributed by atoms with Gasteiger partial charge in [-0.05, 0) is 143 Å². The summed E-state index contributed by atoms with van der Waals surface area (Å²) in [4.78, 5) is 54.2. The first-order chi connectivity index (χ1) is 28.9. The van der Waals surface area contributed by atoms with Gasteiger partial charge in [-0.15, -0.1) is 0 Å². The van der Waals surface area contributed by atoms with Gasteiger partial charge in [0.25, 0.3) is 0 Å². The number of ether oxygens (including phenoxy) is 2. The second-order valence-corrected chi connectivity index (χ2v) is 18.4. The van der Waals surface area contributed by atoms with Crippen LogP contribution in [0.15, 0.2) is 130 Å². The van der Waals surface area contributed by atoms with Gasteiger partial charge in [-0.2, -0.15) is 0 Å². The largest absolute Gasteiger partial charge is 0.454 e. The quantitative estimate of drug-likeness (QED) is 0.0937. The van der Waals surface area contributed by atoms with E-state index in [-0.39, 0.29) is 34.3 Å². The van der Waals surface area contributed by atoms with Crippen LogP contribution in [0.4, 0.5) is 0 Å². The van der Waals surface area contributed by atoms with Crippen LogP contribution in [0.3, 0.4) is 0 Å². The van der Waals surface area contributed by atoms with E-state index < -0.39 is 12.2 Å². The zero-order valence-corrected chi connectivity index (χ0v) is 41.2. The molecule has 0 aliphatic heterocycles. The van der Waals surface area contributed by atoms with Crippen LogP contribution in [0.2, 0.25) is 0 Å². The lowest BCUT2D eigenvalue weighted by Gasteiger charge is -2.36. The Balaban J connectivity index is 0.000000621. The van der Waals surface area contributed by atoms with Crippen molar-refractivity contribution in [2.45, 2.75) is 134 Å². The first kappa shape index (κ1) is 55.4. The van der Waals surface area contributed by atoms with Gasteiger partial charge in [0, 0.05) is 25.7 Å². The third-order valence-corrected chi connectivity index (χ3v) is 11.0. The van der Waals surface area contributed by atoms with E-state index in [2.05, 4.69) is 78.0 Å². The first-order valence-corrected chi connectivity index (χ1v) is 22.1. The molecule has 8 heteroatoms. The summed E-state index contributed by atoms with van der Waals surface area (Å²) < 4.78 is 11.1. The minimum Gasteiger partial charge on any atom is -0.454 e. The van der Waals surface area contributed by atoms with E-state index in [1.807, 2.05) is 128 Å². The van der Waals surface area contributed by atoms with Crippen LogP contribution in [0, 0.1) is 10.8 Å². The Labute approximate surface area is 376 Å². The molecule has 2 aliphatic rings. The van der Waals surface area contributed by atoms with Crippen LogP contribution >= 0.6 is 0 Å². The van der Waals surface area contributed by atoms with Crippen molar-refractivity contribution in [1.29, 1.82) is 0 Å². The topological polar surface area (TPSA) is 93.2 Å². The van der Waals surface area contributed by atoms with Crippen molar-refractivity contribution in [2.24, 2.45) is 10.8 Å². The van der Waals surface area contributed by atoms with Gasteiger partial charge in [0.1, 0.15) is 0 Å². The average Bonchev–Trinajstić information content (AvgIpc) is 3.17. The second kappa shape index (κ2) is 27.4. The molecule has 342 valence electrons. The Morgan fingerprint density at radius 1 is 0.597 bits per heavy atom. The average molecular weight is 853 g/mol. The van der Waals surface area contributed by atoms with E-state index in [1.54, 1.807) is 0 Å². The Hall–Kier alpha value is -4.66. The zero-order chi connectivity index (χ0) is 47.2. The highest BCUT2D eigenvalue weighted by Gasteiger charge is 2.41. The molecule has 0 amide bonds. The molecule has 0 radical (unpaired) electrons. The molecule has 2 aliphatic carbocycles. The Bertz CT molecular complexity index is 1900. The molecule has 0 spiro atoms. The van der Waals surface area contributed by atoms with Crippen LogP contribution in [0.5, 0.6) is 0 Å². The number of rotatable bonds is 19. The predicted molar refractivity (Wildman–Crippen MR) is 260 cm³/mol. The Kier molecular flexibility index (Phi) is 24.5. The fraction of sp³-hybridized carbons (Fsp3) is 0.519. The molecular formula is C54H80N2O6. The number of ketones is 2. The third kappa shape index (κ3) is 20.5. The van der Waals surface area contributed by atoms with E-state index >= 15 is 0 Å². The molecule has 0 N–H and O–H groups in total. The lowest BCUT2D eigenvalue weighted by Crippen LogP contribution is -2.39. The number of hydrogen-bond acceptors (Lipinski definition) is 8. The monoisotopic (exact) mass is 853 g/mol. The second-order valence-electron chi connectivity index (χ2n) is 18.4. The maximum Gasteiger partial charge on any atom is 0.306 e. The SMILES string of the molecule is C/C=C(C)/C=C/C=C(C)/C=C/C1=C(C)C(=O)C(OC(=O)CCCN(C)C)CC1(C)C.C/C=C/C=C(C)/C=C/C=C(C)/C=C/C1=C(C)C(=O)C(OC(=O)CCCN(C)C)CC1(C)C. The molecule has 0 saturated carbocycles. The van der Waals surface area contributed by atoms with Crippen molar-refractivity contribution in [2.75, 3.05) is 41.3 Å². The highest BCUT2D eigenvalue weighted by molar-refractivity contribution is 6.02. The Morgan fingerprint density at radius 3 is 1.31 bits per heavy atom. The summed E-state index contributed by atoms with van der Waals surface area (Å²) in [6.45, 7) is 25.9. The summed E-state index contributed by atoms with van der Waals surface area (Å²) in [6.07, 6.45) is 30.3. The molecule has 0 aromatic carbocycles. The third-order valence-electron chi connectivity index (χ3n) is 11.0. The molecule has 2 rings (SSSR count). The molecule has 8 nitrogen and oxygen atoms in total. The summed E-state index contributed by atoms with van der Waals surface area (Å²) in [7, 11) is 7.88. The van der Waals surface area contributed by atoms with Crippen LogP contribution in [-0.4, -0.2) is 86.8 Å². The highest BCUT2D eigenvalue weighted by Crippen LogP contribution is 2.42. The number of carbonyl (C=O) groups excluding carboxylic acids is 4. The van der Waals surface area contributed by atoms with Crippen LogP contribution in [0.1, 0.15) is 122 Å². The van der Waals surface area contributed by atoms with E-state index in [0.717, 1.165) is 48.2 Å². The Morgan fingerprint density at radius 2 is 0.952 bits per heavy atom. The van der Waals surface area contributed by atoms with Crippen molar-refractivity contribution in [3.8, 4) is 0 Å². The van der Waals surface area contributed by atoms with Crippen molar-refractivity contribution in [3.05, 3.63) is 130 Å². The van der Waals surface area contributed by atoms with Crippen molar-refractivity contribution >= 4 is 23.5 Å². The summed E-state index contributed by atoms with van der Waals surface area (Å²) in [6, 6.07) is 0. The van der Waals surface area contributed by atoms with Crippen LogP contribution < -0.4 is 0 Å². The number of esters is 2. The van der Waals surface area contributed by atoms with Gasteiger partial charge in [0.05, 0.1) is 0 Å². The fourth-order valence-electron chi connectivity index (χ4n) is 7.15. The molecule has 2 atom stereocenters. The van der Waals surface area contributed by atoms with E-state index in [1.165, 1.54) is 11.1 Å². The first-order valence-electron chi connectivity index (χ1n) is 22.1. The molecule has 0 fully saturated rings. The van der Waals surface area contributed by atoms with Gasteiger partial charge in [0.15, 0.2) is 23.8 Å². The minimum absolute atomic E-state index is 0.0832. The van der Waals surface area contributed by atoms with E-state index in [4.69, 9.17) is 9.47 Å². The number of Topliss-reactive ketones (excluding diaryl/α,β-unsaturated/α-hetero) is 2. The van der Waals surface area contributed by atoms with E-state index in [9.17, 15) is 19.2 Å². The van der Waals surface area contributed by atoms with Crippen molar-refractivity contribution in [1.82, 2.24) is 9.80 Å². The maximum atomic E-state index is 12.9. The van der Waals surface area contributed by atoms with Gasteiger partial charge < -0.3 is 19.3 Å². The molecule has 0 saturated heterocycles. The predicted octanol–water partition coefficient (Wildman–Crippen LogP) is 11.7. The highest BCUT2D eigenvalue weighted by atomic mass is 16.6. The molecule has 62 heavy (non-hydrogen) atoms. The number of hydrogen-bond donors (Lipinski definition) is 0. The maximum absolute atomic E-state index is 12.9. The van der Waals surface area contributed by atoms with Crippen LogP contribution in [-0.2, 0) is 28.7 Å². The molecule has 0 aromatic rings. The molecule has 2 unspecified atom stereocenters. The summed E-state index contributed by atoms with van der Waals surface area (Å²) in [5.74, 6) is -0.756. The normalized spacial score (nSPS) is 20.5.